The fourth-order valence-corrected chi connectivity index (χ4v) is 5.57. The van der Waals surface area contributed by atoms with E-state index in [1.807, 2.05) is 24.3 Å². The fourth-order valence-electron chi connectivity index (χ4n) is 5.41. The summed E-state index contributed by atoms with van der Waals surface area (Å²) in [7, 11) is 0. The molecule has 2 atom stereocenters. The summed E-state index contributed by atoms with van der Waals surface area (Å²) in [6.45, 7) is 2.73. The number of rotatable bonds is 7. The van der Waals surface area contributed by atoms with Crippen molar-refractivity contribution in [2.75, 3.05) is 42.7 Å². The minimum absolute atomic E-state index is 0.0689. The zero-order valence-corrected chi connectivity index (χ0v) is 22.7. The third kappa shape index (κ3) is 6.70. The average Bonchev–Trinajstić information content (AvgIpc) is 3.41. The maximum atomic E-state index is 14.4. The zero-order chi connectivity index (χ0) is 28.1. The Kier molecular flexibility index (Phi) is 8.79. The highest BCUT2D eigenvalue weighted by Crippen LogP contribution is 2.36. The molecular weight excluding hydrogens is 531 g/mol. The summed E-state index contributed by atoms with van der Waals surface area (Å²) in [5.74, 6) is -1.49. The first-order chi connectivity index (χ1) is 19.4. The molecule has 2 unspecified atom stereocenters. The molecule has 2 aliphatic rings. The van der Waals surface area contributed by atoms with Gasteiger partial charge in [-0.05, 0) is 60.4 Å². The second kappa shape index (κ2) is 12.6. The smallest absolute Gasteiger partial charge is 0.248 e. The SMILES string of the molecule is Nc1ccccc1NC(=O)/C=C/c1ccc(C2CN(C3CCOCC3)CC2C(=O)Nc2ccc(Cl)cc2F)cc1. The van der Waals surface area contributed by atoms with Gasteiger partial charge in [-0.3, -0.25) is 14.5 Å². The van der Waals surface area contributed by atoms with Gasteiger partial charge in [-0.2, -0.15) is 0 Å². The molecule has 0 aliphatic carbocycles. The summed E-state index contributed by atoms with van der Waals surface area (Å²) in [5.41, 5.74) is 8.94. The molecule has 0 spiro atoms. The second-order valence-corrected chi connectivity index (χ2v) is 10.6. The number of anilines is 3. The highest BCUT2D eigenvalue weighted by atomic mass is 35.5. The number of ether oxygens (including phenoxy) is 1. The Morgan fingerprint density at radius 1 is 0.975 bits per heavy atom. The van der Waals surface area contributed by atoms with Gasteiger partial charge in [0.25, 0.3) is 0 Å². The van der Waals surface area contributed by atoms with Crippen LogP contribution in [-0.4, -0.2) is 49.1 Å². The van der Waals surface area contributed by atoms with Gasteiger partial charge in [0, 0.05) is 49.4 Å². The number of amides is 2. The lowest BCUT2D eigenvalue weighted by atomic mass is 9.88. The first kappa shape index (κ1) is 27.8. The van der Waals surface area contributed by atoms with Crippen LogP contribution in [0.25, 0.3) is 6.08 Å². The normalized spacial score (nSPS) is 20.1. The number of para-hydroxylation sites is 2. The van der Waals surface area contributed by atoms with Crippen molar-refractivity contribution >= 4 is 46.6 Å². The van der Waals surface area contributed by atoms with Crippen LogP contribution in [0, 0.1) is 11.7 Å². The third-order valence-corrected chi connectivity index (χ3v) is 7.83. The van der Waals surface area contributed by atoms with Gasteiger partial charge >= 0.3 is 0 Å². The van der Waals surface area contributed by atoms with E-state index in [1.54, 1.807) is 36.4 Å². The molecule has 0 bridgehead atoms. The van der Waals surface area contributed by atoms with E-state index in [9.17, 15) is 14.0 Å². The van der Waals surface area contributed by atoms with Gasteiger partial charge in [0.1, 0.15) is 5.82 Å². The molecule has 7 nitrogen and oxygen atoms in total. The summed E-state index contributed by atoms with van der Waals surface area (Å²) < 4.78 is 20.0. The molecule has 0 saturated carbocycles. The van der Waals surface area contributed by atoms with Crippen LogP contribution in [0.1, 0.15) is 29.9 Å². The van der Waals surface area contributed by atoms with Crippen LogP contribution >= 0.6 is 11.6 Å². The number of nitrogen functional groups attached to an aromatic ring is 1. The van der Waals surface area contributed by atoms with Gasteiger partial charge in [-0.25, -0.2) is 4.39 Å². The van der Waals surface area contributed by atoms with E-state index in [1.165, 1.54) is 18.2 Å². The molecule has 4 N–H and O–H groups in total. The van der Waals surface area contributed by atoms with Crippen LogP contribution in [0.3, 0.4) is 0 Å². The Balaban J connectivity index is 1.30. The Bertz CT molecular complexity index is 1390. The van der Waals surface area contributed by atoms with Crippen LogP contribution in [0.5, 0.6) is 0 Å². The minimum Gasteiger partial charge on any atom is -0.397 e. The van der Waals surface area contributed by atoms with Crippen molar-refractivity contribution in [2.24, 2.45) is 5.92 Å². The summed E-state index contributed by atoms with van der Waals surface area (Å²) in [6.07, 6.45) is 5.04. The average molecular weight is 563 g/mol. The molecule has 2 saturated heterocycles. The molecule has 0 aromatic heterocycles. The van der Waals surface area contributed by atoms with Gasteiger partial charge < -0.3 is 21.1 Å². The maximum absolute atomic E-state index is 14.4. The largest absolute Gasteiger partial charge is 0.397 e. The number of carbonyl (C=O) groups is 2. The van der Waals surface area contributed by atoms with E-state index in [0.29, 0.717) is 37.2 Å². The van der Waals surface area contributed by atoms with Crippen molar-refractivity contribution in [2.45, 2.75) is 24.8 Å². The van der Waals surface area contributed by atoms with Crippen LogP contribution in [0.15, 0.2) is 72.8 Å². The van der Waals surface area contributed by atoms with E-state index in [-0.39, 0.29) is 34.4 Å². The predicted octanol–water partition coefficient (Wildman–Crippen LogP) is 5.55. The summed E-state index contributed by atoms with van der Waals surface area (Å²) in [5, 5.41) is 5.83. The van der Waals surface area contributed by atoms with Crippen molar-refractivity contribution in [1.29, 1.82) is 0 Å². The van der Waals surface area contributed by atoms with Gasteiger partial charge in [-0.15, -0.1) is 0 Å². The number of carbonyl (C=O) groups excluding carboxylic acids is 2. The molecule has 3 aromatic carbocycles. The lowest BCUT2D eigenvalue weighted by Gasteiger charge is -2.31. The van der Waals surface area contributed by atoms with E-state index >= 15 is 0 Å². The number of nitrogens with zero attached hydrogens (tertiary/aromatic N) is 1. The van der Waals surface area contributed by atoms with E-state index in [4.69, 9.17) is 22.1 Å². The monoisotopic (exact) mass is 562 g/mol. The third-order valence-electron chi connectivity index (χ3n) is 7.59. The second-order valence-electron chi connectivity index (χ2n) is 10.2. The molecule has 0 radical (unpaired) electrons. The fraction of sp³-hybridized carbons (Fsp3) is 0.290. The van der Waals surface area contributed by atoms with Gasteiger partial charge in [-0.1, -0.05) is 48.0 Å². The van der Waals surface area contributed by atoms with Crippen molar-refractivity contribution in [3.63, 3.8) is 0 Å². The van der Waals surface area contributed by atoms with Crippen LogP contribution in [0.4, 0.5) is 21.5 Å². The Hall–Kier alpha value is -3.72. The summed E-state index contributed by atoms with van der Waals surface area (Å²) in [4.78, 5) is 28.2. The van der Waals surface area contributed by atoms with Gasteiger partial charge in [0.2, 0.25) is 11.8 Å². The topological polar surface area (TPSA) is 96.7 Å². The first-order valence-electron chi connectivity index (χ1n) is 13.4. The summed E-state index contributed by atoms with van der Waals surface area (Å²) >= 11 is 5.88. The van der Waals surface area contributed by atoms with Gasteiger partial charge in [0.15, 0.2) is 0 Å². The standard InChI is InChI=1S/C31H32ClFN4O3/c32-22-10-11-28(26(33)17-22)36-31(39)25-19-37(23-13-15-40-16-14-23)18-24(25)21-8-5-20(6-9-21)7-12-30(38)35-29-4-2-1-3-27(29)34/h1-12,17,23-25H,13-16,18-19,34H2,(H,35,38)(H,36,39)/b12-7+. The molecule has 2 aliphatic heterocycles. The van der Waals surface area contributed by atoms with Crippen molar-refractivity contribution in [3.8, 4) is 0 Å². The number of nitrogens with one attached hydrogen (secondary N) is 2. The molecular formula is C31H32ClFN4O3. The number of hydrogen-bond donors (Lipinski definition) is 3. The maximum Gasteiger partial charge on any atom is 0.248 e. The van der Waals surface area contributed by atoms with Crippen molar-refractivity contribution < 1.29 is 18.7 Å². The molecule has 2 fully saturated rings. The van der Waals surface area contributed by atoms with E-state index in [2.05, 4.69) is 15.5 Å². The lowest BCUT2D eigenvalue weighted by Crippen LogP contribution is -2.38. The Labute approximate surface area is 238 Å². The molecule has 40 heavy (non-hydrogen) atoms. The quantitative estimate of drug-likeness (QED) is 0.259. The number of likely N-dealkylation sites (tertiary alicyclic amines) is 1. The van der Waals surface area contributed by atoms with Crippen molar-refractivity contribution in [3.05, 3.63) is 94.8 Å². The van der Waals surface area contributed by atoms with E-state index in [0.717, 1.165) is 30.5 Å². The van der Waals surface area contributed by atoms with Gasteiger partial charge in [0.05, 0.1) is 23.0 Å². The first-order valence-corrected chi connectivity index (χ1v) is 13.8. The van der Waals surface area contributed by atoms with Crippen LogP contribution in [0.2, 0.25) is 5.02 Å². The zero-order valence-electron chi connectivity index (χ0n) is 22.0. The molecule has 2 amide bonds. The van der Waals surface area contributed by atoms with Crippen molar-refractivity contribution in [1.82, 2.24) is 4.90 Å². The number of halogens is 2. The Morgan fingerprint density at radius 2 is 1.73 bits per heavy atom. The minimum atomic E-state index is -0.563. The molecule has 9 heteroatoms. The van der Waals surface area contributed by atoms with E-state index < -0.39 is 5.82 Å². The number of nitrogens with two attached hydrogens (primary N) is 1. The predicted molar refractivity (Wildman–Crippen MR) is 157 cm³/mol. The lowest BCUT2D eigenvalue weighted by molar-refractivity contribution is -0.120. The molecule has 2 heterocycles. The Morgan fingerprint density at radius 3 is 2.45 bits per heavy atom. The number of benzene rings is 3. The highest BCUT2D eigenvalue weighted by Gasteiger charge is 2.41. The highest BCUT2D eigenvalue weighted by molar-refractivity contribution is 6.30. The number of hydrogen-bond acceptors (Lipinski definition) is 5. The molecule has 3 aromatic rings. The van der Waals surface area contributed by atoms with Crippen LogP contribution in [-0.2, 0) is 14.3 Å². The molecule has 208 valence electrons. The summed E-state index contributed by atoms with van der Waals surface area (Å²) in [6, 6.07) is 19.5. The molecule has 5 rings (SSSR count). The van der Waals surface area contributed by atoms with Crippen LogP contribution < -0.4 is 16.4 Å².